The molecule has 0 saturated heterocycles. The fourth-order valence-corrected chi connectivity index (χ4v) is 0.126. The average Bonchev–Trinajstić information content (AvgIpc) is 1.35. The Kier molecular flexibility index (Phi) is 22.3. The molecule has 0 fully saturated rings. The van der Waals surface area contributed by atoms with E-state index in [1.54, 1.807) is 0 Å². The second kappa shape index (κ2) is 11.1. The van der Waals surface area contributed by atoms with Gasteiger partial charge in [-0.1, -0.05) is 6.08 Å². The molecule has 0 rings (SSSR count). The summed E-state index contributed by atoms with van der Waals surface area (Å²) in [7, 11) is -2.22. The summed E-state index contributed by atoms with van der Waals surface area (Å²) < 4.78 is 21.9. The number of hydrogen-bond acceptors (Lipinski definition) is 0. The fraction of sp³-hybridized carbons (Fsp3) is 0.333. The largest absolute Gasteiger partial charge is 1.00 e. The molecule has 0 aliphatic heterocycles. The minimum Gasteiger partial charge on any atom is -1.00 e. The number of hydrogen-bond donors (Lipinski definition) is 0. The summed E-state index contributed by atoms with van der Waals surface area (Å²) in [6, 6.07) is 0. The Labute approximate surface area is 89.7 Å². The molecule has 0 radical (unpaired) electrons. The maximum atomic E-state index is 11.0. The van der Waals surface area contributed by atoms with Crippen molar-refractivity contribution in [2.75, 3.05) is 0 Å². The van der Waals surface area contributed by atoms with E-state index in [1.807, 2.05) is 0 Å². The molecule has 0 heterocycles. The first-order chi connectivity index (χ1) is 2.77. The molecule has 0 amide bonds. The SMILES string of the molecule is C=CCB(F)F.[F-].[K+]. The smallest absolute Gasteiger partial charge is 1.00 e. The molecule has 42 valence electrons. The van der Waals surface area contributed by atoms with E-state index in [0.29, 0.717) is 0 Å². The predicted molar refractivity (Wildman–Crippen MR) is 23.0 cm³/mol. The standard InChI is InChI=1S/C3H5BF2.FH.K/c1-2-3-4(5)6;;/h2H,1,3H2;1H;/q;;+1/p-1. The zero-order valence-corrected chi connectivity index (χ0v) is 7.83. The van der Waals surface area contributed by atoms with Gasteiger partial charge in [-0.05, 0) is 0 Å². The van der Waals surface area contributed by atoms with Crippen LogP contribution in [0.4, 0.5) is 8.63 Å². The van der Waals surface area contributed by atoms with Crippen LogP contribution < -0.4 is 56.1 Å². The van der Waals surface area contributed by atoms with Gasteiger partial charge < -0.3 is 4.70 Å². The number of rotatable bonds is 2. The second-order valence-electron chi connectivity index (χ2n) is 0.915. The molecule has 0 nitrogen and oxygen atoms in total. The van der Waals surface area contributed by atoms with E-state index in [9.17, 15) is 8.63 Å². The third-order valence-corrected chi connectivity index (χ3v) is 0.345. The Morgan fingerprint density at radius 2 is 1.88 bits per heavy atom. The van der Waals surface area contributed by atoms with Crippen molar-refractivity contribution >= 4 is 7.27 Å². The minimum atomic E-state index is -2.22. The van der Waals surface area contributed by atoms with Gasteiger partial charge in [-0.25, -0.2) is 0 Å². The first-order valence-corrected chi connectivity index (χ1v) is 1.66. The van der Waals surface area contributed by atoms with Gasteiger partial charge in [0.2, 0.25) is 0 Å². The Morgan fingerprint density at radius 3 is 1.88 bits per heavy atom. The minimum absolute atomic E-state index is 0. The van der Waals surface area contributed by atoms with Crippen LogP contribution >= 0.6 is 0 Å². The molecule has 0 saturated carbocycles. The van der Waals surface area contributed by atoms with Crippen LogP contribution in [0, 0.1) is 0 Å². The first-order valence-electron chi connectivity index (χ1n) is 1.66. The van der Waals surface area contributed by atoms with Gasteiger partial charge in [0.05, 0.1) is 0 Å². The van der Waals surface area contributed by atoms with Crippen molar-refractivity contribution in [3.05, 3.63) is 12.7 Å². The van der Waals surface area contributed by atoms with Crippen LogP contribution in [0.15, 0.2) is 12.7 Å². The molecule has 0 aliphatic carbocycles. The van der Waals surface area contributed by atoms with E-state index >= 15 is 0 Å². The molecule has 0 bridgehead atoms. The van der Waals surface area contributed by atoms with Crippen molar-refractivity contribution in [3.63, 3.8) is 0 Å². The van der Waals surface area contributed by atoms with E-state index in [2.05, 4.69) is 6.58 Å². The molecular weight excluding hydrogens is 143 g/mol. The first kappa shape index (κ1) is 16.1. The Balaban J connectivity index is -0.000000125. The monoisotopic (exact) mass is 148 g/mol. The topological polar surface area (TPSA) is 0 Å². The van der Waals surface area contributed by atoms with E-state index in [4.69, 9.17) is 0 Å². The Hall–Kier alpha value is 1.23. The Bertz CT molecular complexity index is 49.8. The zero-order valence-electron chi connectivity index (χ0n) is 4.70. The van der Waals surface area contributed by atoms with Crippen LogP contribution in [0.2, 0.25) is 6.32 Å². The summed E-state index contributed by atoms with van der Waals surface area (Å²) in [5.74, 6) is 0. The summed E-state index contributed by atoms with van der Waals surface area (Å²) in [5, 5.41) is 0. The van der Waals surface area contributed by atoms with Crippen LogP contribution in [0.3, 0.4) is 0 Å². The maximum Gasteiger partial charge on any atom is 1.00 e. The van der Waals surface area contributed by atoms with Crippen LogP contribution in [0.1, 0.15) is 0 Å². The summed E-state index contributed by atoms with van der Waals surface area (Å²) >= 11 is 0. The molecule has 0 unspecified atom stereocenters. The summed E-state index contributed by atoms with van der Waals surface area (Å²) in [6.45, 7) is 3.12. The molecule has 0 N–H and O–H groups in total. The van der Waals surface area contributed by atoms with Crippen LogP contribution in [0.5, 0.6) is 0 Å². The molecule has 8 heavy (non-hydrogen) atoms. The molecule has 0 aliphatic rings. The van der Waals surface area contributed by atoms with Gasteiger partial charge in [-0.3, -0.25) is 8.63 Å². The molecule has 0 spiro atoms. The van der Waals surface area contributed by atoms with E-state index in [-0.39, 0.29) is 62.4 Å². The molecule has 0 atom stereocenters. The molecule has 0 aromatic carbocycles. The number of halogens is 3. The molecule has 0 aromatic heterocycles. The number of allylic oxidation sites excluding steroid dienone is 1. The van der Waals surface area contributed by atoms with Gasteiger partial charge in [0.1, 0.15) is 0 Å². The van der Waals surface area contributed by atoms with Gasteiger partial charge >= 0.3 is 58.7 Å². The maximum absolute atomic E-state index is 11.0. The predicted octanol–water partition coefficient (Wildman–Crippen LogP) is -4.39. The van der Waals surface area contributed by atoms with Crippen molar-refractivity contribution in [2.24, 2.45) is 0 Å². The average molecular weight is 148 g/mol. The van der Waals surface area contributed by atoms with Crippen molar-refractivity contribution in [1.82, 2.24) is 0 Å². The van der Waals surface area contributed by atoms with Crippen molar-refractivity contribution < 1.29 is 64.7 Å². The Morgan fingerprint density at radius 1 is 1.50 bits per heavy atom. The summed E-state index contributed by atoms with van der Waals surface area (Å²) in [6.07, 6.45) is 1.00. The third-order valence-electron chi connectivity index (χ3n) is 0.345. The van der Waals surface area contributed by atoms with Crippen molar-refractivity contribution in [3.8, 4) is 0 Å². The zero-order chi connectivity index (χ0) is 4.99. The van der Waals surface area contributed by atoms with Crippen LogP contribution in [0.25, 0.3) is 0 Å². The summed E-state index contributed by atoms with van der Waals surface area (Å²) in [5.41, 5.74) is 0. The molecule has 0 aromatic rings. The third kappa shape index (κ3) is 15.7. The van der Waals surface area contributed by atoms with Crippen LogP contribution in [-0.4, -0.2) is 7.27 Å². The van der Waals surface area contributed by atoms with Gasteiger partial charge in [-0.2, -0.15) is 0 Å². The summed E-state index contributed by atoms with van der Waals surface area (Å²) in [4.78, 5) is 0. The van der Waals surface area contributed by atoms with Gasteiger partial charge in [0, 0.05) is 6.32 Å². The molecule has 5 heteroatoms. The quantitative estimate of drug-likeness (QED) is 0.274. The normalized spacial score (nSPS) is 5.75. The van der Waals surface area contributed by atoms with Crippen molar-refractivity contribution in [1.29, 1.82) is 0 Å². The molecular formula is C3H5BF3K. The van der Waals surface area contributed by atoms with E-state index < -0.39 is 7.27 Å². The van der Waals surface area contributed by atoms with E-state index in [0.717, 1.165) is 0 Å². The van der Waals surface area contributed by atoms with Crippen LogP contribution in [-0.2, 0) is 0 Å². The second-order valence-corrected chi connectivity index (χ2v) is 0.915. The fourth-order valence-electron chi connectivity index (χ4n) is 0.126. The van der Waals surface area contributed by atoms with Gasteiger partial charge in [0.15, 0.2) is 0 Å². The van der Waals surface area contributed by atoms with Crippen molar-refractivity contribution in [2.45, 2.75) is 6.32 Å². The van der Waals surface area contributed by atoms with E-state index in [1.165, 1.54) is 6.08 Å². The van der Waals surface area contributed by atoms with Gasteiger partial charge in [0.25, 0.3) is 0 Å². The van der Waals surface area contributed by atoms with Gasteiger partial charge in [-0.15, -0.1) is 6.58 Å².